The van der Waals surface area contributed by atoms with E-state index in [-0.39, 0.29) is 24.0 Å². The van der Waals surface area contributed by atoms with Gasteiger partial charge in [0.2, 0.25) is 11.5 Å². The van der Waals surface area contributed by atoms with E-state index in [0.717, 1.165) is 24.6 Å². The zero-order valence-corrected chi connectivity index (χ0v) is 24.9. The predicted octanol–water partition coefficient (Wildman–Crippen LogP) is 2.65. The van der Waals surface area contributed by atoms with Gasteiger partial charge in [-0.2, -0.15) is 0 Å². The summed E-state index contributed by atoms with van der Waals surface area (Å²) in [5.41, 5.74) is 1.04. The van der Waals surface area contributed by atoms with Crippen molar-refractivity contribution in [1.29, 1.82) is 0 Å². The first-order chi connectivity index (χ1) is 17.7. The lowest BCUT2D eigenvalue weighted by atomic mass is 10.1. The molecule has 6 heteroatoms. The van der Waals surface area contributed by atoms with Gasteiger partial charge in [0.25, 0.3) is 0 Å². The van der Waals surface area contributed by atoms with Crippen LogP contribution in [0, 0.1) is 0 Å². The Morgan fingerprint density at radius 2 is 0.973 bits per heavy atom. The number of halogens is 1. The van der Waals surface area contributed by atoms with Crippen LogP contribution >= 0.6 is 7.26 Å². The van der Waals surface area contributed by atoms with Crippen LogP contribution in [0.25, 0.3) is 0 Å². The van der Waals surface area contributed by atoms with Gasteiger partial charge in [-0.25, -0.2) is 0 Å². The van der Waals surface area contributed by atoms with Gasteiger partial charge in [0.15, 0.2) is 11.5 Å². The molecule has 0 fully saturated rings. The van der Waals surface area contributed by atoms with E-state index in [2.05, 4.69) is 91.0 Å². The van der Waals surface area contributed by atoms with Gasteiger partial charge in [-0.15, -0.1) is 0 Å². The minimum atomic E-state index is -1.89. The lowest BCUT2D eigenvalue weighted by Crippen LogP contribution is -3.00. The number of hydrogen-bond acceptors (Lipinski definition) is 4. The first-order valence-electron chi connectivity index (χ1n) is 12.1. The van der Waals surface area contributed by atoms with Gasteiger partial charge in [-0.05, 0) is 55.3 Å². The smallest absolute Gasteiger partial charge is 0.207 e. The number of aryl methyl sites for hydroxylation is 1. The van der Waals surface area contributed by atoms with Crippen LogP contribution in [0.4, 0.5) is 0 Å². The van der Waals surface area contributed by atoms with Crippen LogP contribution in [0.2, 0.25) is 0 Å². The van der Waals surface area contributed by atoms with E-state index in [4.69, 9.17) is 18.9 Å². The molecule has 4 aromatic rings. The summed E-state index contributed by atoms with van der Waals surface area (Å²) in [5.74, 6) is 2.43. The summed E-state index contributed by atoms with van der Waals surface area (Å²) in [6.45, 7) is 0. The van der Waals surface area contributed by atoms with Crippen LogP contribution < -0.4 is 58.8 Å². The third kappa shape index (κ3) is 5.89. The normalized spacial score (nSPS) is 10.8. The Bertz CT molecular complexity index is 1150. The highest BCUT2D eigenvalue weighted by atomic mass is 127. The van der Waals surface area contributed by atoms with Crippen molar-refractivity contribution in [3.63, 3.8) is 0 Å². The highest BCUT2D eigenvalue weighted by Crippen LogP contribution is 2.56. The van der Waals surface area contributed by atoms with Crippen molar-refractivity contribution in [2.24, 2.45) is 0 Å². The van der Waals surface area contributed by atoms with Crippen molar-refractivity contribution in [2.75, 3.05) is 34.6 Å². The summed E-state index contributed by atoms with van der Waals surface area (Å²) in [6, 6.07) is 34.9. The monoisotopic (exact) mass is 628 g/mol. The zero-order valence-electron chi connectivity index (χ0n) is 21.8. The van der Waals surface area contributed by atoms with Crippen molar-refractivity contribution >= 4 is 23.2 Å². The van der Waals surface area contributed by atoms with Crippen LogP contribution in [0.15, 0.2) is 97.1 Å². The molecule has 0 atom stereocenters. The number of benzene rings is 4. The van der Waals surface area contributed by atoms with Crippen LogP contribution in [-0.2, 0) is 6.42 Å². The highest BCUT2D eigenvalue weighted by Gasteiger charge is 2.44. The summed E-state index contributed by atoms with van der Waals surface area (Å²) in [5, 5.41) is 4.16. The standard InChI is InChI=1S/C31H34O4P.HI/c1-32-28-23-24(29(33-2)31(35-4)30(28)34-3)15-14-22-36(25-16-8-5-9-17-25,26-18-10-6-11-19-26)27-20-12-7-13-21-27;/h5-13,16-21,23H,14-15,22H2,1-4H3;1H/q+1;/p-1. The molecule has 0 aliphatic rings. The highest BCUT2D eigenvalue weighted by molar-refractivity contribution is 7.95. The maximum atomic E-state index is 5.79. The molecule has 37 heavy (non-hydrogen) atoms. The Kier molecular flexibility index (Phi) is 10.7. The molecular weight excluding hydrogens is 594 g/mol. The second-order valence-corrected chi connectivity index (χ2v) is 12.1. The molecule has 4 rings (SSSR count). The Morgan fingerprint density at radius 1 is 0.541 bits per heavy atom. The number of rotatable bonds is 11. The van der Waals surface area contributed by atoms with E-state index < -0.39 is 7.26 Å². The fraction of sp³-hybridized carbons (Fsp3) is 0.226. The maximum Gasteiger partial charge on any atom is 0.207 e. The molecule has 0 aliphatic carbocycles. The van der Waals surface area contributed by atoms with Crippen molar-refractivity contribution in [3.05, 3.63) is 103 Å². The van der Waals surface area contributed by atoms with Crippen LogP contribution in [0.1, 0.15) is 12.0 Å². The van der Waals surface area contributed by atoms with Gasteiger partial charge in [0, 0.05) is 5.56 Å². The Labute approximate surface area is 238 Å². The molecule has 0 aliphatic heterocycles. The van der Waals surface area contributed by atoms with E-state index in [1.54, 1.807) is 28.4 Å². The molecule has 4 aromatic carbocycles. The van der Waals surface area contributed by atoms with Gasteiger partial charge < -0.3 is 42.9 Å². The molecule has 194 valence electrons. The van der Waals surface area contributed by atoms with Gasteiger partial charge in [-0.1, -0.05) is 54.6 Å². The van der Waals surface area contributed by atoms with Crippen molar-refractivity contribution < 1.29 is 42.9 Å². The minimum Gasteiger partial charge on any atom is -1.00 e. The predicted molar refractivity (Wildman–Crippen MR) is 151 cm³/mol. The summed E-state index contributed by atoms with van der Waals surface area (Å²) >= 11 is 0. The molecule has 0 unspecified atom stereocenters. The third-order valence-electron chi connectivity index (χ3n) is 6.60. The van der Waals surface area contributed by atoms with Gasteiger partial charge >= 0.3 is 0 Å². The average Bonchev–Trinajstić information content (AvgIpc) is 2.95. The molecule has 0 saturated heterocycles. The number of hydrogen-bond donors (Lipinski definition) is 0. The number of methoxy groups -OCH3 is 4. The summed E-state index contributed by atoms with van der Waals surface area (Å²) in [4.78, 5) is 0. The van der Waals surface area contributed by atoms with Crippen LogP contribution in [0.5, 0.6) is 23.0 Å². The Morgan fingerprint density at radius 3 is 1.35 bits per heavy atom. The molecule has 0 spiro atoms. The molecule has 4 nitrogen and oxygen atoms in total. The van der Waals surface area contributed by atoms with Crippen molar-refractivity contribution in [3.8, 4) is 23.0 Å². The molecule has 0 aromatic heterocycles. The molecule has 0 N–H and O–H groups in total. The van der Waals surface area contributed by atoms with E-state index in [1.807, 2.05) is 6.07 Å². The lowest BCUT2D eigenvalue weighted by molar-refractivity contribution is -0.00000811. The fourth-order valence-corrected chi connectivity index (χ4v) is 9.32. The van der Waals surface area contributed by atoms with E-state index >= 15 is 0 Å². The first kappa shape index (κ1) is 28.8. The Hall–Kier alpha value is -2.76. The molecule has 0 bridgehead atoms. The maximum absolute atomic E-state index is 5.79. The van der Waals surface area contributed by atoms with Gasteiger partial charge in [-0.3, -0.25) is 0 Å². The SMILES string of the molecule is COc1cc(CCC[P+](c2ccccc2)(c2ccccc2)c2ccccc2)c(OC)c(OC)c1OC.[I-]. The quantitative estimate of drug-likeness (QED) is 0.189. The van der Waals surface area contributed by atoms with Crippen LogP contribution in [0.3, 0.4) is 0 Å². The largest absolute Gasteiger partial charge is 1.00 e. The fourth-order valence-electron chi connectivity index (χ4n) is 4.98. The van der Waals surface area contributed by atoms with Gasteiger partial charge in [0.1, 0.15) is 23.2 Å². The lowest BCUT2D eigenvalue weighted by Gasteiger charge is -2.28. The third-order valence-corrected chi connectivity index (χ3v) is 11.1. The summed E-state index contributed by atoms with van der Waals surface area (Å²) < 4.78 is 22.7. The topological polar surface area (TPSA) is 36.9 Å². The van der Waals surface area contributed by atoms with E-state index in [0.29, 0.717) is 23.0 Å². The molecule has 0 radical (unpaired) electrons. The molecular formula is C31H34IO4P. The average molecular weight is 628 g/mol. The van der Waals surface area contributed by atoms with E-state index in [1.165, 1.54) is 15.9 Å². The Balaban J connectivity index is 0.00000380. The van der Waals surface area contributed by atoms with Crippen molar-refractivity contribution in [2.45, 2.75) is 12.8 Å². The molecule has 0 amide bonds. The number of ether oxygens (including phenoxy) is 4. The minimum absolute atomic E-state index is 0. The zero-order chi connectivity index (χ0) is 25.4. The van der Waals surface area contributed by atoms with Crippen molar-refractivity contribution in [1.82, 2.24) is 0 Å². The summed E-state index contributed by atoms with van der Waals surface area (Å²) in [7, 11) is 4.65. The molecule has 0 saturated carbocycles. The van der Waals surface area contributed by atoms with E-state index in [9.17, 15) is 0 Å². The second-order valence-electron chi connectivity index (χ2n) is 8.48. The second kappa shape index (κ2) is 13.7. The molecule has 0 heterocycles. The first-order valence-corrected chi connectivity index (χ1v) is 14.1. The van der Waals surface area contributed by atoms with Gasteiger partial charge in [0.05, 0.1) is 34.6 Å². The van der Waals surface area contributed by atoms with Crippen LogP contribution in [-0.4, -0.2) is 34.6 Å². The summed E-state index contributed by atoms with van der Waals surface area (Å²) in [6.07, 6.45) is 2.79.